The summed E-state index contributed by atoms with van der Waals surface area (Å²) in [6.07, 6.45) is 2.10. The van der Waals surface area contributed by atoms with Gasteiger partial charge in [0.1, 0.15) is 0 Å². The number of ether oxygens (including phenoxy) is 1. The number of fused-ring (bicyclic) bond motifs is 4. The van der Waals surface area contributed by atoms with Gasteiger partial charge in [0, 0.05) is 10.9 Å². The smallest absolute Gasteiger partial charge is 0.257 e. The highest BCUT2D eigenvalue weighted by Gasteiger charge is 2.70. The summed E-state index contributed by atoms with van der Waals surface area (Å²) in [5.41, 5.74) is 0.548. The van der Waals surface area contributed by atoms with E-state index in [-0.39, 0.29) is 34.4 Å². The third-order valence-corrected chi connectivity index (χ3v) is 10.3. The van der Waals surface area contributed by atoms with Crippen molar-refractivity contribution in [3.05, 3.63) is 99.6 Å². The maximum atomic E-state index is 15.1. The van der Waals surface area contributed by atoms with Gasteiger partial charge in [0.2, 0.25) is 11.8 Å². The molecular formula is C33H26Cl2N2O7. The number of hydrogen-bond donors (Lipinski definition) is 2. The molecule has 4 amide bonds. The number of hydroxylamine groups is 2. The number of amides is 4. The average molecular weight is 633 g/mol. The number of carbonyl (C=O) groups excluding carboxylic acids is 4. The number of phenols is 1. The number of hydrogen-bond acceptors (Lipinski definition) is 7. The van der Waals surface area contributed by atoms with Crippen molar-refractivity contribution >= 4 is 52.5 Å². The summed E-state index contributed by atoms with van der Waals surface area (Å²) < 4.78 is 5.44. The second-order valence-corrected chi connectivity index (χ2v) is 12.5. The number of anilines is 1. The third-order valence-electron chi connectivity index (χ3n) is 9.75. The number of benzene rings is 3. The molecule has 11 heteroatoms. The predicted octanol–water partition coefficient (Wildman–Crippen LogP) is 5.26. The first kappa shape index (κ1) is 28.6. The summed E-state index contributed by atoms with van der Waals surface area (Å²) in [4.78, 5) is 57.0. The van der Waals surface area contributed by atoms with Gasteiger partial charge in [-0.1, -0.05) is 71.2 Å². The molecule has 44 heavy (non-hydrogen) atoms. The lowest BCUT2D eigenvalue weighted by molar-refractivity contribution is -0.173. The van der Waals surface area contributed by atoms with Gasteiger partial charge >= 0.3 is 0 Å². The standard InChI is InChI=1S/C33H26Cl2N2O7/c1-44-25-13-16(12-24(35)28(25)38)27-20-10-11-21-26(31(41)37(43)29(21)39)22(20)15-23-30(40)36(19-9-5-8-18(34)14-19)32(42)33(23,27)17-6-3-2-4-7-17/h2-10,12-14,21-23,26-27,38,43H,11,15H2,1H3. The average Bonchev–Trinajstić information content (AvgIpc) is 3.39. The predicted molar refractivity (Wildman–Crippen MR) is 159 cm³/mol. The Morgan fingerprint density at radius 2 is 1.66 bits per heavy atom. The van der Waals surface area contributed by atoms with E-state index in [1.165, 1.54) is 7.11 Å². The number of nitrogens with zero attached hydrogens (tertiary/aromatic N) is 2. The van der Waals surface area contributed by atoms with E-state index in [4.69, 9.17) is 27.9 Å². The van der Waals surface area contributed by atoms with Crippen LogP contribution in [0.15, 0.2) is 78.4 Å². The highest BCUT2D eigenvalue weighted by molar-refractivity contribution is 6.33. The Hall–Kier alpha value is -4.18. The van der Waals surface area contributed by atoms with Crippen molar-refractivity contribution in [1.29, 1.82) is 0 Å². The summed E-state index contributed by atoms with van der Waals surface area (Å²) in [5, 5.41) is 21.5. The quantitative estimate of drug-likeness (QED) is 0.228. The zero-order chi connectivity index (χ0) is 31.1. The number of methoxy groups -OCH3 is 1. The fourth-order valence-electron chi connectivity index (χ4n) is 8.02. The molecule has 6 atom stereocenters. The van der Waals surface area contributed by atoms with Crippen molar-refractivity contribution in [1.82, 2.24) is 5.06 Å². The highest BCUT2D eigenvalue weighted by Crippen LogP contribution is 2.65. The number of carbonyl (C=O) groups is 4. The Bertz CT molecular complexity index is 1790. The van der Waals surface area contributed by atoms with Crippen molar-refractivity contribution in [2.45, 2.75) is 24.2 Å². The first-order valence-corrected chi connectivity index (χ1v) is 14.9. The number of imide groups is 2. The molecule has 3 aromatic carbocycles. The summed E-state index contributed by atoms with van der Waals surface area (Å²) >= 11 is 12.8. The number of phenolic OH excluding ortho intramolecular Hbond substituents is 1. The molecule has 0 bridgehead atoms. The molecule has 2 aliphatic heterocycles. The molecule has 2 N–H and O–H groups in total. The van der Waals surface area contributed by atoms with Crippen LogP contribution in [0.1, 0.15) is 29.9 Å². The van der Waals surface area contributed by atoms with Crippen LogP contribution < -0.4 is 9.64 Å². The lowest BCUT2D eigenvalue weighted by Crippen LogP contribution is -2.53. The van der Waals surface area contributed by atoms with Gasteiger partial charge in [-0.05, 0) is 60.2 Å². The molecule has 4 aliphatic rings. The van der Waals surface area contributed by atoms with Crippen LogP contribution in [0, 0.1) is 23.7 Å². The fourth-order valence-corrected chi connectivity index (χ4v) is 8.42. The van der Waals surface area contributed by atoms with Crippen LogP contribution in [0.3, 0.4) is 0 Å². The molecule has 2 heterocycles. The first-order valence-electron chi connectivity index (χ1n) is 14.1. The normalized spacial score (nSPS) is 29.4. The number of halogens is 2. The Morgan fingerprint density at radius 1 is 0.909 bits per heavy atom. The number of aromatic hydroxyl groups is 1. The minimum Gasteiger partial charge on any atom is -0.503 e. The van der Waals surface area contributed by atoms with E-state index in [9.17, 15) is 24.7 Å². The van der Waals surface area contributed by atoms with Gasteiger partial charge in [0.25, 0.3) is 11.8 Å². The lowest BCUT2D eigenvalue weighted by Gasteiger charge is -2.50. The van der Waals surface area contributed by atoms with Crippen molar-refractivity contribution in [3.8, 4) is 11.5 Å². The molecule has 6 unspecified atom stereocenters. The van der Waals surface area contributed by atoms with Crippen LogP contribution in [0.25, 0.3) is 0 Å². The second-order valence-electron chi connectivity index (χ2n) is 11.6. The number of allylic oxidation sites excluding steroid dienone is 2. The molecule has 3 aromatic rings. The Kier molecular flexibility index (Phi) is 6.62. The Balaban J connectivity index is 1.54. The van der Waals surface area contributed by atoms with E-state index in [2.05, 4.69) is 0 Å². The molecule has 0 aromatic heterocycles. The minimum atomic E-state index is -1.51. The van der Waals surface area contributed by atoms with Gasteiger partial charge < -0.3 is 9.84 Å². The Morgan fingerprint density at radius 3 is 2.36 bits per heavy atom. The van der Waals surface area contributed by atoms with E-state index >= 15 is 4.79 Å². The summed E-state index contributed by atoms with van der Waals surface area (Å²) in [6, 6.07) is 18.6. The third kappa shape index (κ3) is 3.76. The second kappa shape index (κ2) is 10.2. The van der Waals surface area contributed by atoms with E-state index < -0.39 is 58.6 Å². The summed E-state index contributed by atoms with van der Waals surface area (Å²) in [7, 11) is 1.38. The van der Waals surface area contributed by atoms with E-state index in [1.807, 2.05) is 12.1 Å². The highest BCUT2D eigenvalue weighted by atomic mass is 35.5. The summed E-state index contributed by atoms with van der Waals surface area (Å²) in [5.74, 6) is -6.77. The fraction of sp³-hybridized carbons (Fsp3) is 0.273. The zero-order valence-corrected chi connectivity index (χ0v) is 24.8. The monoisotopic (exact) mass is 632 g/mol. The van der Waals surface area contributed by atoms with Crippen LogP contribution in [0.5, 0.6) is 11.5 Å². The van der Waals surface area contributed by atoms with E-state index in [1.54, 1.807) is 60.7 Å². The molecular weight excluding hydrogens is 607 g/mol. The molecule has 224 valence electrons. The SMILES string of the molecule is COc1cc(C2C3=CCC4C(=O)N(O)C(=O)C4C3CC3C(=O)N(c4cccc(Cl)c4)C(=O)C32c2ccccc2)cc(Cl)c1O. The molecule has 0 radical (unpaired) electrons. The number of rotatable bonds is 4. The van der Waals surface area contributed by atoms with Crippen LogP contribution in [-0.2, 0) is 24.6 Å². The van der Waals surface area contributed by atoms with Crippen LogP contribution in [-0.4, -0.2) is 46.1 Å². The zero-order valence-electron chi connectivity index (χ0n) is 23.3. The van der Waals surface area contributed by atoms with Gasteiger partial charge in [-0.15, -0.1) is 0 Å². The van der Waals surface area contributed by atoms with Crippen LogP contribution in [0.2, 0.25) is 10.0 Å². The van der Waals surface area contributed by atoms with Gasteiger partial charge in [0.15, 0.2) is 11.5 Å². The van der Waals surface area contributed by atoms with Crippen molar-refractivity contribution in [2.24, 2.45) is 23.7 Å². The molecule has 0 spiro atoms. The lowest BCUT2D eigenvalue weighted by atomic mass is 9.49. The van der Waals surface area contributed by atoms with Gasteiger partial charge in [-0.25, -0.2) is 4.90 Å². The van der Waals surface area contributed by atoms with E-state index in [0.29, 0.717) is 27.4 Å². The Labute approximate surface area is 262 Å². The molecule has 1 saturated carbocycles. The largest absolute Gasteiger partial charge is 0.503 e. The molecule has 2 saturated heterocycles. The maximum absolute atomic E-state index is 15.1. The van der Waals surface area contributed by atoms with Crippen LogP contribution >= 0.6 is 23.2 Å². The van der Waals surface area contributed by atoms with E-state index in [0.717, 1.165) is 4.90 Å². The van der Waals surface area contributed by atoms with Crippen molar-refractivity contribution in [2.75, 3.05) is 12.0 Å². The molecule has 3 fully saturated rings. The minimum absolute atomic E-state index is 0.0207. The van der Waals surface area contributed by atoms with Gasteiger partial charge in [0.05, 0.1) is 41.0 Å². The van der Waals surface area contributed by atoms with Gasteiger partial charge in [-0.2, -0.15) is 5.06 Å². The molecule has 9 nitrogen and oxygen atoms in total. The van der Waals surface area contributed by atoms with Crippen molar-refractivity contribution in [3.63, 3.8) is 0 Å². The first-order chi connectivity index (χ1) is 21.1. The summed E-state index contributed by atoms with van der Waals surface area (Å²) in [6.45, 7) is 0. The topological polar surface area (TPSA) is 124 Å². The van der Waals surface area contributed by atoms with Crippen LogP contribution in [0.4, 0.5) is 5.69 Å². The molecule has 7 rings (SSSR count). The molecule has 2 aliphatic carbocycles. The van der Waals surface area contributed by atoms with Gasteiger partial charge in [-0.3, -0.25) is 24.4 Å². The van der Waals surface area contributed by atoms with Crippen molar-refractivity contribution < 1.29 is 34.2 Å². The maximum Gasteiger partial charge on any atom is 0.257 e.